The van der Waals surface area contributed by atoms with E-state index in [1.165, 1.54) is 19.2 Å². The summed E-state index contributed by atoms with van der Waals surface area (Å²) in [5, 5.41) is 0. The molecule has 0 saturated heterocycles. The summed E-state index contributed by atoms with van der Waals surface area (Å²) in [6.07, 6.45) is 0. The smallest absolute Gasteiger partial charge is 0.326 e. The lowest BCUT2D eigenvalue weighted by molar-refractivity contribution is -0.141. The summed E-state index contributed by atoms with van der Waals surface area (Å²) in [5.74, 6) is -1.58. The number of nitrogens with zero attached hydrogens (tertiary/aromatic N) is 1. The minimum Gasteiger partial charge on any atom is -0.494 e. The molecule has 0 N–H and O–H groups in total. The van der Waals surface area contributed by atoms with Crippen molar-refractivity contribution in [3.8, 4) is 5.75 Å². The number of esters is 1. The fraction of sp³-hybridized carbons (Fsp3) is 0.316. The summed E-state index contributed by atoms with van der Waals surface area (Å²) in [6, 6.07) is 8.49. The molecule has 0 heterocycles. The van der Waals surface area contributed by atoms with E-state index >= 15 is 0 Å². The monoisotopic (exact) mass is 395 g/mol. The molecule has 8 heteroatoms. The lowest BCUT2D eigenvalue weighted by Crippen LogP contribution is -2.37. The van der Waals surface area contributed by atoms with E-state index in [4.69, 9.17) is 9.47 Å². The van der Waals surface area contributed by atoms with Crippen LogP contribution in [0.2, 0.25) is 0 Å². The maximum atomic E-state index is 14.1. The molecule has 0 aliphatic rings. The van der Waals surface area contributed by atoms with Gasteiger partial charge >= 0.3 is 5.97 Å². The largest absolute Gasteiger partial charge is 0.494 e. The molecule has 0 aromatic heterocycles. The zero-order valence-electron chi connectivity index (χ0n) is 15.7. The van der Waals surface area contributed by atoms with Crippen LogP contribution in [0.1, 0.15) is 18.1 Å². The van der Waals surface area contributed by atoms with E-state index in [-0.39, 0.29) is 17.3 Å². The number of halogens is 1. The van der Waals surface area contributed by atoms with Gasteiger partial charge in [0.05, 0.1) is 24.3 Å². The van der Waals surface area contributed by atoms with Crippen LogP contribution in [0, 0.1) is 19.7 Å². The van der Waals surface area contributed by atoms with Crippen molar-refractivity contribution in [3.63, 3.8) is 0 Å². The molecule has 2 aromatic rings. The van der Waals surface area contributed by atoms with Crippen LogP contribution in [-0.2, 0) is 19.6 Å². The van der Waals surface area contributed by atoms with Crippen LogP contribution in [-0.4, -0.2) is 34.6 Å². The van der Waals surface area contributed by atoms with Crippen LogP contribution < -0.4 is 9.04 Å². The first-order valence-corrected chi connectivity index (χ1v) is 9.73. The Morgan fingerprint density at radius 2 is 1.85 bits per heavy atom. The summed E-state index contributed by atoms with van der Waals surface area (Å²) in [7, 11) is -2.93. The van der Waals surface area contributed by atoms with Gasteiger partial charge in [-0.1, -0.05) is 17.7 Å². The number of rotatable bonds is 7. The highest BCUT2D eigenvalue weighted by atomic mass is 32.2. The number of carbonyl (C=O) groups excluding carboxylic acids is 1. The van der Waals surface area contributed by atoms with Crippen LogP contribution in [0.15, 0.2) is 41.3 Å². The van der Waals surface area contributed by atoms with Crippen molar-refractivity contribution in [3.05, 3.63) is 53.3 Å². The van der Waals surface area contributed by atoms with Gasteiger partial charge in [-0.2, -0.15) is 0 Å². The second-order valence-electron chi connectivity index (χ2n) is 5.90. The molecular formula is C19H22FNO5S. The van der Waals surface area contributed by atoms with Gasteiger partial charge in [0.1, 0.15) is 6.54 Å². The number of carbonyl (C=O) groups is 1. The van der Waals surface area contributed by atoms with Gasteiger partial charge in [-0.25, -0.2) is 12.8 Å². The molecule has 0 aliphatic carbocycles. The highest BCUT2D eigenvalue weighted by Crippen LogP contribution is 2.29. The van der Waals surface area contributed by atoms with Crippen molar-refractivity contribution in [1.82, 2.24) is 0 Å². The van der Waals surface area contributed by atoms with Crippen LogP contribution in [0.3, 0.4) is 0 Å². The highest BCUT2D eigenvalue weighted by Gasteiger charge is 2.29. The SMILES string of the molecule is CCOC(=O)CN(c1ccc(C)cc1C)S(=O)(=O)c1ccc(OC)c(F)c1. The Morgan fingerprint density at radius 3 is 2.41 bits per heavy atom. The number of hydrogen-bond donors (Lipinski definition) is 0. The van der Waals surface area contributed by atoms with Crippen molar-refractivity contribution >= 4 is 21.7 Å². The summed E-state index contributed by atoms with van der Waals surface area (Å²) in [6.45, 7) is 4.85. The maximum absolute atomic E-state index is 14.1. The van der Waals surface area contributed by atoms with E-state index in [0.717, 1.165) is 15.9 Å². The van der Waals surface area contributed by atoms with Gasteiger partial charge in [0.25, 0.3) is 10.0 Å². The van der Waals surface area contributed by atoms with Crippen LogP contribution in [0.5, 0.6) is 5.75 Å². The fourth-order valence-electron chi connectivity index (χ4n) is 2.64. The molecule has 27 heavy (non-hydrogen) atoms. The van der Waals surface area contributed by atoms with Gasteiger partial charge in [-0.05, 0) is 50.6 Å². The highest BCUT2D eigenvalue weighted by molar-refractivity contribution is 7.92. The van der Waals surface area contributed by atoms with Crippen molar-refractivity contribution in [1.29, 1.82) is 0 Å². The summed E-state index contributed by atoms with van der Waals surface area (Å²) >= 11 is 0. The van der Waals surface area contributed by atoms with E-state index in [2.05, 4.69) is 0 Å². The lowest BCUT2D eigenvalue weighted by Gasteiger charge is -2.25. The minimum absolute atomic E-state index is 0.0718. The first kappa shape index (κ1) is 20.7. The molecule has 2 rings (SSSR count). The molecule has 0 radical (unpaired) electrons. The Hall–Kier alpha value is -2.61. The third-order valence-electron chi connectivity index (χ3n) is 3.91. The molecule has 2 aromatic carbocycles. The average Bonchev–Trinajstić information content (AvgIpc) is 2.60. The van der Waals surface area contributed by atoms with Crippen LogP contribution in [0.25, 0.3) is 0 Å². The number of methoxy groups -OCH3 is 1. The van der Waals surface area contributed by atoms with Crippen molar-refractivity contribution in [2.45, 2.75) is 25.7 Å². The molecule has 0 amide bonds. The van der Waals surface area contributed by atoms with E-state index < -0.39 is 28.4 Å². The normalized spacial score (nSPS) is 11.1. The summed E-state index contributed by atoms with van der Waals surface area (Å²) in [4.78, 5) is 11.7. The second-order valence-corrected chi connectivity index (χ2v) is 7.77. The first-order chi connectivity index (χ1) is 12.7. The molecule has 0 aliphatic heterocycles. The Balaban J connectivity index is 2.57. The third kappa shape index (κ3) is 4.57. The van der Waals surface area contributed by atoms with E-state index in [1.54, 1.807) is 32.0 Å². The van der Waals surface area contributed by atoms with Crippen molar-refractivity contribution in [2.75, 3.05) is 24.6 Å². The lowest BCUT2D eigenvalue weighted by atomic mass is 10.1. The Bertz CT molecular complexity index is 943. The topological polar surface area (TPSA) is 72.9 Å². The number of aryl methyl sites for hydroxylation is 2. The molecule has 0 fully saturated rings. The maximum Gasteiger partial charge on any atom is 0.326 e. The number of ether oxygens (including phenoxy) is 2. The van der Waals surface area contributed by atoms with Crippen molar-refractivity contribution < 1.29 is 27.1 Å². The van der Waals surface area contributed by atoms with Crippen molar-refractivity contribution in [2.24, 2.45) is 0 Å². The van der Waals surface area contributed by atoms with Gasteiger partial charge in [0.15, 0.2) is 11.6 Å². The predicted octanol–water partition coefficient (Wildman–Crippen LogP) is 3.21. The molecule has 0 saturated carbocycles. The zero-order chi connectivity index (χ0) is 20.2. The minimum atomic E-state index is -4.21. The Labute approximate surface area is 158 Å². The third-order valence-corrected chi connectivity index (χ3v) is 5.67. The average molecular weight is 395 g/mol. The Kier molecular flexibility index (Phi) is 6.43. The number of hydrogen-bond acceptors (Lipinski definition) is 5. The zero-order valence-corrected chi connectivity index (χ0v) is 16.5. The molecule has 0 atom stereocenters. The van der Waals surface area contributed by atoms with Crippen LogP contribution in [0.4, 0.5) is 10.1 Å². The summed E-state index contributed by atoms with van der Waals surface area (Å²) in [5.41, 5.74) is 1.93. The fourth-order valence-corrected chi connectivity index (χ4v) is 4.13. The number of benzene rings is 2. The molecule has 0 spiro atoms. The van der Waals surface area contributed by atoms with Gasteiger partial charge in [-0.3, -0.25) is 9.10 Å². The van der Waals surface area contributed by atoms with Gasteiger partial charge < -0.3 is 9.47 Å². The second kappa shape index (κ2) is 8.39. The standard InChI is InChI=1S/C19H22FNO5S/c1-5-26-19(22)12-21(17-8-6-13(2)10-14(17)3)27(23,24)15-7-9-18(25-4)16(20)11-15/h6-11H,5,12H2,1-4H3. The van der Waals surface area contributed by atoms with E-state index in [0.29, 0.717) is 11.3 Å². The van der Waals surface area contributed by atoms with Gasteiger partial charge in [0.2, 0.25) is 0 Å². The number of sulfonamides is 1. The van der Waals surface area contributed by atoms with Gasteiger partial charge in [0, 0.05) is 0 Å². The van der Waals surface area contributed by atoms with E-state index in [1.807, 2.05) is 6.92 Å². The van der Waals surface area contributed by atoms with Gasteiger partial charge in [-0.15, -0.1) is 0 Å². The van der Waals surface area contributed by atoms with Crippen LogP contribution >= 0.6 is 0 Å². The first-order valence-electron chi connectivity index (χ1n) is 8.29. The molecule has 6 nitrogen and oxygen atoms in total. The predicted molar refractivity (Wildman–Crippen MR) is 100 cm³/mol. The number of anilines is 1. The Morgan fingerprint density at radius 1 is 1.15 bits per heavy atom. The summed E-state index contributed by atoms with van der Waals surface area (Å²) < 4.78 is 51.1. The molecule has 146 valence electrons. The molecule has 0 unspecified atom stereocenters. The molecule has 0 bridgehead atoms. The van der Waals surface area contributed by atoms with E-state index in [9.17, 15) is 17.6 Å². The quantitative estimate of drug-likeness (QED) is 0.673. The molecular weight excluding hydrogens is 373 g/mol.